The first-order chi connectivity index (χ1) is 13.7. The fourth-order valence-electron chi connectivity index (χ4n) is 3.50. The largest absolute Gasteiger partial charge is 0.311 e. The molecule has 4 rings (SSSR count). The van der Waals surface area contributed by atoms with E-state index in [1.807, 2.05) is 42.5 Å². The molecule has 144 valence electrons. The van der Waals surface area contributed by atoms with E-state index < -0.39 is 5.92 Å². The van der Waals surface area contributed by atoms with Gasteiger partial charge in [0, 0.05) is 24.8 Å². The van der Waals surface area contributed by atoms with Gasteiger partial charge in [-0.3, -0.25) is 9.59 Å². The van der Waals surface area contributed by atoms with Crippen LogP contribution in [-0.2, 0) is 16.0 Å². The Morgan fingerprint density at radius 1 is 1.21 bits per heavy atom. The first kappa shape index (κ1) is 18.6. The molecular formula is C21H22N4O2S. The van der Waals surface area contributed by atoms with Crippen molar-refractivity contribution in [1.82, 2.24) is 10.2 Å². The van der Waals surface area contributed by atoms with Crippen molar-refractivity contribution in [2.75, 3.05) is 16.8 Å². The van der Waals surface area contributed by atoms with Crippen molar-refractivity contribution < 1.29 is 9.59 Å². The molecule has 3 aromatic rings. The number of carbonyl (C=O) groups excluding carboxylic acids is 2. The van der Waals surface area contributed by atoms with Crippen LogP contribution < -0.4 is 10.2 Å². The van der Waals surface area contributed by atoms with Crippen molar-refractivity contribution in [2.24, 2.45) is 5.92 Å². The number of rotatable bonds is 6. The van der Waals surface area contributed by atoms with Crippen molar-refractivity contribution in [3.8, 4) is 0 Å². The van der Waals surface area contributed by atoms with Gasteiger partial charge in [0.15, 0.2) is 0 Å². The second-order valence-electron chi connectivity index (χ2n) is 7.00. The lowest BCUT2D eigenvalue weighted by molar-refractivity contribution is -0.122. The third-order valence-electron chi connectivity index (χ3n) is 4.99. The van der Waals surface area contributed by atoms with E-state index >= 15 is 0 Å². The summed E-state index contributed by atoms with van der Waals surface area (Å²) in [4.78, 5) is 27.0. The second-order valence-corrected chi connectivity index (χ2v) is 8.06. The van der Waals surface area contributed by atoms with Crippen LogP contribution in [0.25, 0.3) is 10.8 Å². The van der Waals surface area contributed by atoms with E-state index in [9.17, 15) is 9.59 Å². The van der Waals surface area contributed by atoms with Gasteiger partial charge in [-0.1, -0.05) is 61.1 Å². The van der Waals surface area contributed by atoms with E-state index in [-0.39, 0.29) is 18.2 Å². The van der Waals surface area contributed by atoms with E-state index in [0.717, 1.165) is 40.7 Å². The fourth-order valence-corrected chi connectivity index (χ4v) is 4.28. The lowest BCUT2D eigenvalue weighted by Gasteiger charge is -2.18. The van der Waals surface area contributed by atoms with Crippen LogP contribution in [0.3, 0.4) is 0 Å². The molecule has 0 saturated carbocycles. The minimum Gasteiger partial charge on any atom is -0.311 e. The highest BCUT2D eigenvalue weighted by atomic mass is 32.1. The van der Waals surface area contributed by atoms with Gasteiger partial charge in [0.25, 0.3) is 0 Å². The van der Waals surface area contributed by atoms with E-state index in [0.29, 0.717) is 11.7 Å². The molecule has 2 heterocycles. The van der Waals surface area contributed by atoms with Gasteiger partial charge in [0.1, 0.15) is 5.01 Å². The molecule has 1 aliphatic heterocycles. The summed E-state index contributed by atoms with van der Waals surface area (Å²) in [6.07, 6.45) is 3.23. The molecule has 7 heteroatoms. The Labute approximate surface area is 167 Å². The quantitative estimate of drug-likeness (QED) is 0.685. The second kappa shape index (κ2) is 8.06. The molecule has 1 aromatic heterocycles. The zero-order valence-corrected chi connectivity index (χ0v) is 16.5. The number of aromatic nitrogens is 2. The predicted molar refractivity (Wildman–Crippen MR) is 112 cm³/mol. The van der Waals surface area contributed by atoms with E-state index in [1.54, 1.807) is 4.90 Å². The third-order valence-corrected chi connectivity index (χ3v) is 5.89. The summed E-state index contributed by atoms with van der Waals surface area (Å²) in [5, 5.41) is 14.5. The summed E-state index contributed by atoms with van der Waals surface area (Å²) in [5.41, 5.74) is 0.858. The standard InChI is InChI=1S/C21H22N4O2S/c1-2-3-11-18-23-24-21(28-18)22-20(27)15-12-19(26)25(13-15)17-10-6-8-14-7-4-5-9-16(14)17/h4-10,15H,2-3,11-13H2,1H3,(H,22,24,27). The summed E-state index contributed by atoms with van der Waals surface area (Å²) < 4.78 is 0. The normalized spacial score (nSPS) is 16.7. The lowest BCUT2D eigenvalue weighted by atomic mass is 10.1. The molecular weight excluding hydrogens is 372 g/mol. The summed E-state index contributed by atoms with van der Waals surface area (Å²) in [5.74, 6) is -0.596. The van der Waals surface area contributed by atoms with Gasteiger partial charge in [0.05, 0.1) is 11.6 Å². The maximum atomic E-state index is 12.7. The van der Waals surface area contributed by atoms with Gasteiger partial charge in [-0.05, 0) is 17.9 Å². The number of unbranched alkanes of at least 4 members (excludes halogenated alkanes) is 1. The van der Waals surface area contributed by atoms with E-state index in [4.69, 9.17) is 0 Å². The number of benzene rings is 2. The van der Waals surface area contributed by atoms with Gasteiger partial charge < -0.3 is 10.2 Å². The molecule has 6 nitrogen and oxygen atoms in total. The van der Waals surface area contributed by atoms with Crippen LogP contribution in [-0.4, -0.2) is 28.6 Å². The van der Waals surface area contributed by atoms with Crippen molar-refractivity contribution in [1.29, 1.82) is 0 Å². The van der Waals surface area contributed by atoms with Gasteiger partial charge >= 0.3 is 0 Å². The Hall–Kier alpha value is -2.80. The smallest absolute Gasteiger partial charge is 0.231 e. The van der Waals surface area contributed by atoms with Crippen LogP contribution >= 0.6 is 11.3 Å². The number of fused-ring (bicyclic) bond motifs is 1. The lowest BCUT2D eigenvalue weighted by Crippen LogP contribution is -2.28. The maximum Gasteiger partial charge on any atom is 0.231 e. The van der Waals surface area contributed by atoms with Crippen molar-refractivity contribution >= 4 is 44.7 Å². The molecule has 2 aromatic carbocycles. The summed E-state index contributed by atoms with van der Waals surface area (Å²) in [7, 11) is 0. The number of carbonyl (C=O) groups is 2. The molecule has 2 amide bonds. The summed E-state index contributed by atoms with van der Waals surface area (Å²) in [6, 6.07) is 13.9. The first-order valence-corrected chi connectivity index (χ1v) is 10.4. The Balaban J connectivity index is 1.47. The average Bonchev–Trinajstić information content (AvgIpc) is 3.32. The van der Waals surface area contributed by atoms with Gasteiger partial charge in [-0.2, -0.15) is 0 Å². The minimum atomic E-state index is -0.394. The van der Waals surface area contributed by atoms with Gasteiger partial charge in [-0.15, -0.1) is 10.2 Å². The number of hydrogen-bond acceptors (Lipinski definition) is 5. The number of hydrogen-bond donors (Lipinski definition) is 1. The highest BCUT2D eigenvalue weighted by molar-refractivity contribution is 7.15. The molecule has 0 spiro atoms. The Morgan fingerprint density at radius 2 is 2.04 bits per heavy atom. The monoisotopic (exact) mass is 394 g/mol. The topological polar surface area (TPSA) is 75.2 Å². The molecule has 1 saturated heterocycles. The van der Waals surface area contributed by atoms with Crippen LogP contribution in [0.5, 0.6) is 0 Å². The molecule has 1 unspecified atom stereocenters. The van der Waals surface area contributed by atoms with Crippen LogP contribution in [0, 0.1) is 5.92 Å². The van der Waals surface area contributed by atoms with Crippen molar-refractivity contribution in [3.63, 3.8) is 0 Å². The number of nitrogens with one attached hydrogen (secondary N) is 1. The van der Waals surface area contributed by atoms with Crippen LogP contribution in [0.4, 0.5) is 10.8 Å². The zero-order valence-electron chi connectivity index (χ0n) is 15.7. The zero-order chi connectivity index (χ0) is 19.5. The number of nitrogens with zero attached hydrogens (tertiary/aromatic N) is 3. The SMILES string of the molecule is CCCCc1nnc(NC(=O)C2CC(=O)N(c3cccc4ccccc34)C2)s1. The average molecular weight is 395 g/mol. The van der Waals surface area contributed by atoms with E-state index in [2.05, 4.69) is 22.4 Å². The van der Waals surface area contributed by atoms with Gasteiger partial charge in [-0.25, -0.2) is 0 Å². The van der Waals surface area contributed by atoms with Crippen LogP contribution in [0.2, 0.25) is 0 Å². The maximum absolute atomic E-state index is 12.7. The first-order valence-electron chi connectivity index (χ1n) is 9.57. The summed E-state index contributed by atoms with van der Waals surface area (Å²) in [6.45, 7) is 2.50. The van der Waals surface area contributed by atoms with Crippen molar-refractivity contribution in [3.05, 3.63) is 47.5 Å². The number of amides is 2. The Kier molecular flexibility index (Phi) is 5.34. The van der Waals surface area contributed by atoms with Crippen molar-refractivity contribution in [2.45, 2.75) is 32.6 Å². The highest BCUT2D eigenvalue weighted by Gasteiger charge is 2.36. The summed E-state index contributed by atoms with van der Waals surface area (Å²) >= 11 is 1.41. The molecule has 1 atom stereocenters. The Bertz CT molecular complexity index is 1010. The fraction of sp³-hybridized carbons (Fsp3) is 0.333. The molecule has 28 heavy (non-hydrogen) atoms. The van der Waals surface area contributed by atoms with Crippen LogP contribution in [0.1, 0.15) is 31.2 Å². The van der Waals surface area contributed by atoms with Gasteiger partial charge in [0.2, 0.25) is 16.9 Å². The van der Waals surface area contributed by atoms with Crippen LogP contribution in [0.15, 0.2) is 42.5 Å². The third kappa shape index (κ3) is 3.75. The predicted octanol–water partition coefficient (Wildman–Crippen LogP) is 4.03. The molecule has 0 radical (unpaired) electrons. The molecule has 1 aliphatic rings. The molecule has 0 bridgehead atoms. The number of aryl methyl sites for hydroxylation is 1. The molecule has 1 N–H and O–H groups in total. The number of anilines is 2. The minimum absolute atomic E-state index is 0.0302. The molecule has 1 fully saturated rings. The molecule has 0 aliphatic carbocycles. The van der Waals surface area contributed by atoms with E-state index in [1.165, 1.54) is 11.3 Å². The Morgan fingerprint density at radius 3 is 2.89 bits per heavy atom. The highest BCUT2D eigenvalue weighted by Crippen LogP contribution is 2.32.